The number of alkyl halides is 5. The summed E-state index contributed by atoms with van der Waals surface area (Å²) in [6.07, 6.45) is 10.6. The number of ether oxygens (including phenoxy) is 2. The largest absolute Gasteiger partial charge is 0.508 e. The minimum Gasteiger partial charge on any atom is -0.508 e. The molecule has 13 heteroatoms. The molecule has 6 rings (SSSR count). The number of halogens is 5. The monoisotopic (exact) mass is 1260 g/mol. The highest BCUT2D eigenvalue weighted by Crippen LogP contribution is 2.54. The van der Waals surface area contributed by atoms with E-state index in [4.69, 9.17) is 9.47 Å². The maximum atomic E-state index is 13.1. The van der Waals surface area contributed by atoms with Crippen LogP contribution in [-0.4, -0.2) is 79.4 Å². The smallest absolute Gasteiger partial charge is 0.338 e. The van der Waals surface area contributed by atoms with E-state index in [0.29, 0.717) is 52.9 Å². The zero-order valence-electron chi connectivity index (χ0n) is 41.7. The number of carbonyl (C=O) groups excluding carboxylic acids is 2. The molecule has 4 aliphatic rings. The van der Waals surface area contributed by atoms with Crippen molar-refractivity contribution < 1.29 is 39.5 Å². The van der Waals surface area contributed by atoms with Crippen LogP contribution in [0.15, 0.2) is 60.7 Å². The van der Waals surface area contributed by atoms with E-state index in [-0.39, 0.29) is 54.1 Å². The van der Waals surface area contributed by atoms with E-state index in [9.17, 15) is 30.0 Å². The molecule has 8 nitrogen and oxygen atoms in total. The summed E-state index contributed by atoms with van der Waals surface area (Å²) in [7, 11) is 0. The van der Waals surface area contributed by atoms with Crippen LogP contribution in [0.3, 0.4) is 0 Å². The van der Waals surface area contributed by atoms with E-state index in [1.165, 1.54) is 11.1 Å². The maximum absolute atomic E-state index is 13.1. The van der Waals surface area contributed by atoms with Crippen molar-refractivity contribution in [1.82, 2.24) is 0 Å². The highest BCUT2D eigenvalue weighted by molar-refractivity contribution is 9.10. The summed E-state index contributed by atoms with van der Waals surface area (Å²) in [6.45, 7) is 27.1. The van der Waals surface area contributed by atoms with Crippen molar-refractivity contribution in [2.45, 2.75) is 199 Å². The molecule has 0 saturated heterocycles. The van der Waals surface area contributed by atoms with Crippen molar-refractivity contribution in [3.05, 3.63) is 83.0 Å². The lowest BCUT2D eigenvalue weighted by Gasteiger charge is -2.48. The van der Waals surface area contributed by atoms with Crippen molar-refractivity contribution in [1.29, 1.82) is 0 Å². The summed E-state index contributed by atoms with van der Waals surface area (Å²) in [6, 6.07) is 9.89. The van der Waals surface area contributed by atoms with Crippen molar-refractivity contribution in [3.8, 4) is 11.5 Å². The SMILES string of the molecule is C=C1CC[C@H](Br)[C@@]2(C)CC[C@@H](Br)C(C)(C)CC[C@H](O)C(C)(C)OC(=O)c3ccc(O)c(c3)C[C@H]12.C=C1CC[C@H](Br)[C@@]2(C)CC[C@@H](Br)[C@@](C)(O)CC[C@@H](Br)C(C)(C)OC(=O)c3ccc(O)c(c3)C[C@H]12. The van der Waals surface area contributed by atoms with E-state index in [2.05, 4.69) is 121 Å². The first-order valence-electron chi connectivity index (χ1n) is 24.4. The maximum Gasteiger partial charge on any atom is 0.338 e. The molecule has 2 aliphatic heterocycles. The second-order valence-electron chi connectivity index (χ2n) is 22.9. The fourth-order valence-corrected chi connectivity index (χ4v) is 13.6. The Hall–Kier alpha value is -1.22. The van der Waals surface area contributed by atoms with Gasteiger partial charge >= 0.3 is 11.9 Å². The highest BCUT2D eigenvalue weighted by atomic mass is 79.9. The van der Waals surface area contributed by atoms with Crippen LogP contribution in [0.5, 0.6) is 11.5 Å². The summed E-state index contributed by atoms with van der Waals surface area (Å²) in [5.74, 6) is -0.234. The number of fused-ring (bicyclic) bond motifs is 6. The summed E-state index contributed by atoms with van der Waals surface area (Å²) in [5.41, 5.74) is 1.76. The van der Waals surface area contributed by atoms with Gasteiger partial charge in [0.05, 0.1) is 27.7 Å². The Morgan fingerprint density at radius 3 is 1.41 bits per heavy atom. The highest BCUT2D eigenvalue weighted by Gasteiger charge is 2.48. The van der Waals surface area contributed by atoms with Gasteiger partial charge in [-0.25, -0.2) is 9.59 Å². The molecule has 2 heterocycles. The van der Waals surface area contributed by atoms with Gasteiger partial charge in [0.15, 0.2) is 0 Å². The van der Waals surface area contributed by atoms with Gasteiger partial charge in [0.2, 0.25) is 0 Å². The molecule has 0 aromatic heterocycles. The number of hydrogen-bond acceptors (Lipinski definition) is 8. The van der Waals surface area contributed by atoms with Crippen LogP contribution in [-0.2, 0) is 22.3 Å². The van der Waals surface area contributed by atoms with Crippen molar-refractivity contribution in [2.24, 2.45) is 28.1 Å². The lowest BCUT2D eigenvalue weighted by atomic mass is 9.61. The second kappa shape index (κ2) is 22.5. The Balaban J connectivity index is 0.000000254. The van der Waals surface area contributed by atoms with E-state index in [1.54, 1.807) is 50.2 Å². The molecule has 2 aromatic rings. The standard InChI is InChI=1S/C28H40Br2O4.C27H37Br3O4/c1-17-7-10-23(30)28(6)14-11-22(29)26(2,3)13-12-24(32)27(4,5)34-25(33)18-8-9-21(31)19(15-18)16-20(17)28;1-16-6-9-22(29)26(4)12-10-23(30)27(5,33)13-11-21(28)25(2,3)34-24(32)17-7-8-20(31)18(14-17)15-19(16)26/h8-9,15,20,22-24,31-32H,1,7,10-14,16H2,2-6H3;7-8,14,19,21-23,31,33H,1,6,9-13,15H2,2-5H3/t20-,22-,23+,24+,28+;19-,21-,22+,23-,26+,27+/m11/s1. The molecule has 2 fully saturated rings. The van der Waals surface area contributed by atoms with Crippen LogP contribution in [0.1, 0.15) is 171 Å². The van der Waals surface area contributed by atoms with Gasteiger partial charge in [0, 0.05) is 19.3 Å². The number of hydrogen-bond donors (Lipinski definition) is 4. The number of aromatic hydroxyl groups is 2. The third kappa shape index (κ3) is 13.3. The number of aliphatic hydroxyl groups is 2. The zero-order valence-corrected chi connectivity index (χ0v) is 49.6. The molecule has 4 bridgehead atoms. The number of esters is 2. The van der Waals surface area contributed by atoms with Gasteiger partial charge < -0.3 is 29.9 Å². The summed E-state index contributed by atoms with van der Waals surface area (Å²) < 4.78 is 11.7. The molecule has 0 spiro atoms. The zero-order chi connectivity index (χ0) is 50.9. The van der Waals surface area contributed by atoms with Gasteiger partial charge in [-0.05, 0) is 200 Å². The van der Waals surface area contributed by atoms with E-state index in [1.807, 2.05) is 20.8 Å². The summed E-state index contributed by atoms with van der Waals surface area (Å²) in [5, 5.41) is 43.6. The molecule has 68 heavy (non-hydrogen) atoms. The topological polar surface area (TPSA) is 134 Å². The molecule has 380 valence electrons. The Bertz CT molecular complexity index is 2000. The molecule has 2 aliphatic carbocycles. The number of aliphatic hydroxyl groups excluding tert-OH is 1. The number of rotatable bonds is 0. The van der Waals surface area contributed by atoms with Gasteiger partial charge in [0.25, 0.3) is 0 Å². The van der Waals surface area contributed by atoms with Gasteiger partial charge in [-0.15, -0.1) is 0 Å². The number of phenols is 2. The Morgan fingerprint density at radius 1 is 0.544 bits per heavy atom. The van der Waals surface area contributed by atoms with E-state index >= 15 is 0 Å². The van der Waals surface area contributed by atoms with Crippen LogP contribution in [0.25, 0.3) is 0 Å². The van der Waals surface area contributed by atoms with Crippen LogP contribution in [0.4, 0.5) is 0 Å². The van der Waals surface area contributed by atoms with E-state index in [0.717, 1.165) is 68.9 Å². The number of benzene rings is 2. The molecule has 2 aromatic carbocycles. The van der Waals surface area contributed by atoms with Crippen LogP contribution in [0, 0.1) is 28.1 Å². The number of phenolic OH excluding ortho intramolecular Hbond substituents is 2. The Kier molecular flexibility index (Phi) is 19.1. The number of carbonyl (C=O) groups is 2. The Labute approximate surface area is 449 Å². The molecule has 0 unspecified atom stereocenters. The molecule has 2 saturated carbocycles. The molecule has 11 atom stereocenters. The molecule has 0 amide bonds. The van der Waals surface area contributed by atoms with Crippen molar-refractivity contribution in [3.63, 3.8) is 0 Å². The first-order valence-corrected chi connectivity index (χ1v) is 29.0. The number of cyclic esters (lactones) is 2. The molecular formula is C55H77Br5O8. The third-order valence-electron chi connectivity index (χ3n) is 16.6. The summed E-state index contributed by atoms with van der Waals surface area (Å²) >= 11 is 19.4. The lowest BCUT2D eigenvalue weighted by Crippen LogP contribution is -2.44. The van der Waals surface area contributed by atoms with Gasteiger partial charge in [0.1, 0.15) is 22.7 Å². The molecular weight excluding hydrogens is 1190 g/mol. The first-order chi connectivity index (χ1) is 31.3. The van der Waals surface area contributed by atoms with Crippen LogP contribution in [0.2, 0.25) is 0 Å². The van der Waals surface area contributed by atoms with E-state index < -0.39 is 34.8 Å². The Morgan fingerprint density at radius 2 is 0.956 bits per heavy atom. The molecule has 0 radical (unpaired) electrons. The van der Waals surface area contributed by atoms with Gasteiger partial charge in [-0.3, -0.25) is 0 Å². The fourth-order valence-electron chi connectivity index (χ4n) is 10.9. The van der Waals surface area contributed by atoms with Crippen molar-refractivity contribution >= 4 is 91.6 Å². The minimum absolute atomic E-state index is 0.0416. The minimum atomic E-state index is -1.02. The van der Waals surface area contributed by atoms with Gasteiger partial charge in [-0.1, -0.05) is 132 Å². The predicted octanol–water partition coefficient (Wildman–Crippen LogP) is 14.8. The lowest BCUT2D eigenvalue weighted by molar-refractivity contribution is -0.0742. The predicted molar refractivity (Wildman–Crippen MR) is 293 cm³/mol. The third-order valence-corrected chi connectivity index (χ3v) is 24.3. The molecule has 4 N–H and O–H groups in total. The van der Waals surface area contributed by atoms with Crippen LogP contribution < -0.4 is 0 Å². The first kappa shape index (κ1) is 57.7. The average Bonchev–Trinajstić information content (AvgIpc) is 3.26. The average molecular weight is 1270 g/mol. The fraction of sp³-hybridized carbons (Fsp3) is 0.673. The van der Waals surface area contributed by atoms with Crippen LogP contribution >= 0.6 is 79.6 Å². The summed E-state index contributed by atoms with van der Waals surface area (Å²) in [4.78, 5) is 26.8. The quantitative estimate of drug-likeness (QED) is 0.116. The van der Waals surface area contributed by atoms with Crippen molar-refractivity contribution in [2.75, 3.05) is 0 Å². The van der Waals surface area contributed by atoms with Gasteiger partial charge in [-0.2, -0.15) is 0 Å². The number of allylic oxidation sites excluding steroid dienone is 2. The normalized spacial score (nSPS) is 36.1. The second-order valence-corrected chi connectivity index (χ2v) is 28.5.